The van der Waals surface area contributed by atoms with Gasteiger partial charge in [0, 0.05) is 29.7 Å². The SMILES string of the molecule is Cn1cc(/C=C2/SC(=Nc3ccccc3Cl)NC2=O)c2ccccc21. The van der Waals surface area contributed by atoms with Gasteiger partial charge in [0.25, 0.3) is 5.91 Å². The number of aromatic nitrogens is 1. The van der Waals surface area contributed by atoms with Gasteiger partial charge >= 0.3 is 0 Å². The third kappa shape index (κ3) is 3.08. The molecule has 0 atom stereocenters. The molecule has 0 aliphatic carbocycles. The number of aliphatic imine (C=N–C) groups is 1. The molecule has 25 heavy (non-hydrogen) atoms. The second kappa shape index (κ2) is 6.43. The van der Waals surface area contributed by atoms with Crippen molar-refractivity contribution < 1.29 is 4.79 Å². The summed E-state index contributed by atoms with van der Waals surface area (Å²) in [6.07, 6.45) is 3.92. The third-order valence-corrected chi connectivity index (χ3v) is 5.17. The Bertz CT molecular complexity index is 1050. The van der Waals surface area contributed by atoms with E-state index >= 15 is 0 Å². The van der Waals surface area contributed by atoms with Crippen LogP contribution < -0.4 is 5.32 Å². The first-order valence-corrected chi connectivity index (χ1v) is 8.89. The number of benzene rings is 2. The molecule has 1 aromatic heterocycles. The number of rotatable bonds is 2. The number of para-hydroxylation sites is 2. The van der Waals surface area contributed by atoms with Crippen LogP contribution in [0.25, 0.3) is 17.0 Å². The molecular formula is C19H14ClN3OS. The third-order valence-electron chi connectivity index (χ3n) is 3.94. The smallest absolute Gasteiger partial charge is 0.264 e. The maximum atomic E-state index is 12.3. The lowest BCUT2D eigenvalue weighted by molar-refractivity contribution is -0.115. The maximum Gasteiger partial charge on any atom is 0.264 e. The lowest BCUT2D eigenvalue weighted by Gasteiger charge is -1.98. The molecule has 0 radical (unpaired) electrons. The van der Waals surface area contributed by atoms with Crippen molar-refractivity contribution in [1.82, 2.24) is 9.88 Å². The summed E-state index contributed by atoms with van der Waals surface area (Å²) < 4.78 is 2.05. The number of hydrogen-bond acceptors (Lipinski definition) is 3. The highest BCUT2D eigenvalue weighted by atomic mass is 35.5. The number of amides is 1. The average molecular weight is 368 g/mol. The minimum Gasteiger partial charge on any atom is -0.350 e. The van der Waals surface area contributed by atoms with Crippen molar-refractivity contribution >= 4 is 57.1 Å². The molecule has 1 amide bonds. The number of nitrogens with one attached hydrogen (secondary N) is 1. The summed E-state index contributed by atoms with van der Waals surface area (Å²) in [6, 6.07) is 15.4. The van der Waals surface area contributed by atoms with Gasteiger partial charge in [0.05, 0.1) is 15.6 Å². The van der Waals surface area contributed by atoms with Gasteiger partial charge in [0.15, 0.2) is 5.17 Å². The predicted octanol–water partition coefficient (Wildman–Crippen LogP) is 4.72. The minimum atomic E-state index is -0.149. The second-order valence-electron chi connectivity index (χ2n) is 5.65. The van der Waals surface area contributed by atoms with Crippen LogP contribution in [0.2, 0.25) is 5.02 Å². The average Bonchev–Trinajstić information content (AvgIpc) is 3.11. The van der Waals surface area contributed by atoms with Crippen LogP contribution in [0, 0.1) is 0 Å². The van der Waals surface area contributed by atoms with Crippen LogP contribution in [0.1, 0.15) is 5.56 Å². The highest BCUT2D eigenvalue weighted by Crippen LogP contribution is 2.32. The fraction of sp³-hybridized carbons (Fsp3) is 0.0526. The summed E-state index contributed by atoms with van der Waals surface area (Å²) in [4.78, 5) is 17.3. The normalized spacial score (nSPS) is 17.6. The number of amidine groups is 1. The molecule has 0 saturated carbocycles. The monoisotopic (exact) mass is 367 g/mol. The lowest BCUT2D eigenvalue weighted by Crippen LogP contribution is -2.19. The van der Waals surface area contributed by atoms with Gasteiger partial charge in [-0.15, -0.1) is 0 Å². The van der Waals surface area contributed by atoms with Crippen molar-refractivity contribution in [2.45, 2.75) is 0 Å². The number of halogens is 1. The molecule has 2 heterocycles. The molecule has 1 N–H and O–H groups in total. The largest absolute Gasteiger partial charge is 0.350 e. The summed E-state index contributed by atoms with van der Waals surface area (Å²) in [5.74, 6) is -0.149. The van der Waals surface area contributed by atoms with Gasteiger partial charge < -0.3 is 9.88 Å². The van der Waals surface area contributed by atoms with E-state index in [9.17, 15) is 4.79 Å². The van der Waals surface area contributed by atoms with E-state index in [0.29, 0.717) is 20.8 Å². The van der Waals surface area contributed by atoms with Gasteiger partial charge in [-0.3, -0.25) is 4.79 Å². The van der Waals surface area contributed by atoms with Gasteiger partial charge in [-0.05, 0) is 36.0 Å². The molecule has 3 aromatic rings. The van der Waals surface area contributed by atoms with E-state index in [4.69, 9.17) is 11.6 Å². The van der Waals surface area contributed by atoms with E-state index < -0.39 is 0 Å². The Morgan fingerprint density at radius 2 is 1.92 bits per heavy atom. The Morgan fingerprint density at radius 1 is 1.16 bits per heavy atom. The molecule has 4 rings (SSSR count). The fourth-order valence-corrected chi connectivity index (χ4v) is 3.77. The first kappa shape index (κ1) is 16.0. The number of carbonyl (C=O) groups excluding carboxylic acids is 1. The Balaban J connectivity index is 1.69. The predicted molar refractivity (Wildman–Crippen MR) is 105 cm³/mol. The summed E-state index contributed by atoms with van der Waals surface area (Å²) in [5.41, 5.74) is 2.77. The molecule has 1 aliphatic heterocycles. The molecule has 1 aliphatic rings. The molecule has 0 bridgehead atoms. The molecule has 0 spiro atoms. The standard InChI is InChI=1S/C19H14ClN3OS/c1-23-11-12(13-6-2-5-9-16(13)23)10-17-18(24)22-19(25-17)21-15-8-4-3-7-14(15)20/h2-11H,1H3,(H,21,22,24)/b17-10+. The number of nitrogens with zero attached hydrogens (tertiary/aromatic N) is 2. The van der Waals surface area contributed by atoms with Crippen LogP contribution in [0.5, 0.6) is 0 Å². The van der Waals surface area contributed by atoms with Gasteiger partial charge in [0.2, 0.25) is 0 Å². The second-order valence-corrected chi connectivity index (χ2v) is 7.08. The van der Waals surface area contributed by atoms with Gasteiger partial charge in [-0.25, -0.2) is 4.99 Å². The molecule has 0 unspecified atom stereocenters. The Labute approximate surface area is 154 Å². The quantitative estimate of drug-likeness (QED) is 0.666. The summed E-state index contributed by atoms with van der Waals surface area (Å²) in [5, 5.41) is 4.99. The molecule has 2 aromatic carbocycles. The number of hydrogen-bond donors (Lipinski definition) is 1. The number of fused-ring (bicyclic) bond motifs is 1. The van der Waals surface area contributed by atoms with Crippen LogP contribution in [0.4, 0.5) is 5.69 Å². The highest BCUT2D eigenvalue weighted by molar-refractivity contribution is 8.18. The molecule has 1 fully saturated rings. The fourth-order valence-electron chi connectivity index (χ4n) is 2.76. The van der Waals surface area contributed by atoms with Gasteiger partial charge in [-0.1, -0.05) is 41.9 Å². The van der Waals surface area contributed by atoms with E-state index in [-0.39, 0.29) is 5.91 Å². The van der Waals surface area contributed by atoms with E-state index in [0.717, 1.165) is 16.5 Å². The Hall–Kier alpha value is -2.50. The first-order valence-electron chi connectivity index (χ1n) is 7.70. The molecule has 6 heteroatoms. The van der Waals surface area contributed by atoms with E-state index in [1.54, 1.807) is 6.07 Å². The Kier molecular flexibility index (Phi) is 4.11. The first-order chi connectivity index (χ1) is 12.1. The van der Waals surface area contributed by atoms with Crippen LogP contribution in [-0.4, -0.2) is 15.6 Å². The number of aryl methyl sites for hydroxylation is 1. The Morgan fingerprint density at radius 3 is 2.76 bits per heavy atom. The summed E-state index contributed by atoms with van der Waals surface area (Å²) in [6.45, 7) is 0. The molecule has 1 saturated heterocycles. The lowest BCUT2D eigenvalue weighted by atomic mass is 10.1. The maximum absolute atomic E-state index is 12.3. The van der Waals surface area contributed by atoms with Crippen molar-refractivity contribution in [3.05, 3.63) is 70.2 Å². The van der Waals surface area contributed by atoms with Gasteiger partial charge in [-0.2, -0.15) is 0 Å². The molecular weight excluding hydrogens is 354 g/mol. The van der Waals surface area contributed by atoms with Crippen LogP contribution in [-0.2, 0) is 11.8 Å². The van der Waals surface area contributed by atoms with Crippen molar-refractivity contribution in [1.29, 1.82) is 0 Å². The van der Waals surface area contributed by atoms with E-state index in [2.05, 4.69) is 27.0 Å². The van der Waals surface area contributed by atoms with Crippen LogP contribution in [0.3, 0.4) is 0 Å². The molecule has 124 valence electrons. The van der Waals surface area contributed by atoms with Gasteiger partial charge in [0.1, 0.15) is 0 Å². The summed E-state index contributed by atoms with van der Waals surface area (Å²) >= 11 is 7.44. The zero-order chi connectivity index (χ0) is 17.4. The van der Waals surface area contributed by atoms with E-state index in [1.165, 1.54) is 11.8 Å². The van der Waals surface area contributed by atoms with Crippen molar-refractivity contribution in [2.24, 2.45) is 12.0 Å². The number of carbonyl (C=O) groups is 1. The zero-order valence-electron chi connectivity index (χ0n) is 13.4. The van der Waals surface area contributed by atoms with E-state index in [1.807, 2.05) is 49.7 Å². The highest BCUT2D eigenvalue weighted by Gasteiger charge is 2.24. The zero-order valence-corrected chi connectivity index (χ0v) is 14.9. The topological polar surface area (TPSA) is 46.4 Å². The molecule has 4 nitrogen and oxygen atoms in total. The minimum absolute atomic E-state index is 0.149. The summed E-state index contributed by atoms with van der Waals surface area (Å²) in [7, 11) is 2.00. The van der Waals surface area contributed by atoms with Crippen molar-refractivity contribution in [2.75, 3.05) is 0 Å². The van der Waals surface area contributed by atoms with Crippen molar-refractivity contribution in [3.8, 4) is 0 Å². The van der Waals surface area contributed by atoms with Crippen molar-refractivity contribution in [3.63, 3.8) is 0 Å². The number of thioether (sulfide) groups is 1. The van der Waals surface area contributed by atoms with Crippen LogP contribution in [0.15, 0.2) is 64.6 Å². The van der Waals surface area contributed by atoms with Crippen LogP contribution >= 0.6 is 23.4 Å².